The fourth-order valence-electron chi connectivity index (χ4n) is 2.76. The van der Waals surface area contributed by atoms with Crippen LogP contribution in [0.25, 0.3) is 0 Å². The number of amides is 2. The van der Waals surface area contributed by atoms with Gasteiger partial charge in [-0.2, -0.15) is 0 Å². The molecular weight excluding hydrogens is 234 g/mol. The Morgan fingerprint density at radius 3 is 2.39 bits per heavy atom. The maximum atomic E-state index is 12.1. The van der Waals surface area contributed by atoms with Crippen molar-refractivity contribution in [1.82, 2.24) is 15.3 Å². The number of hydrogen-bond donors (Lipinski definition) is 2. The van der Waals surface area contributed by atoms with Crippen LogP contribution in [0.4, 0.5) is 4.79 Å². The number of hydrogen-bond acceptors (Lipinski definition) is 3. The molecule has 2 aliphatic heterocycles. The molecule has 18 heavy (non-hydrogen) atoms. The first-order chi connectivity index (χ1) is 8.59. The minimum absolute atomic E-state index is 0.159. The van der Waals surface area contributed by atoms with Crippen LogP contribution >= 0.6 is 0 Å². The summed E-state index contributed by atoms with van der Waals surface area (Å²) < 4.78 is 0. The van der Waals surface area contributed by atoms with Crippen LogP contribution in [0.1, 0.15) is 32.6 Å². The van der Waals surface area contributed by atoms with E-state index in [1.54, 1.807) is 4.90 Å². The lowest BCUT2D eigenvalue weighted by Crippen LogP contribution is -2.52. The molecular formula is C12H21N3O3. The summed E-state index contributed by atoms with van der Waals surface area (Å²) in [4.78, 5) is 24.7. The Balaban J connectivity index is 1.87. The third-order valence-corrected chi connectivity index (χ3v) is 3.94. The summed E-state index contributed by atoms with van der Waals surface area (Å²) in [7, 11) is 0. The SMILES string of the molecule is CC1C(C(=O)O)CCN1C(=O)NN1CCCCC1. The number of carboxylic acids is 1. The van der Waals surface area contributed by atoms with E-state index >= 15 is 0 Å². The van der Waals surface area contributed by atoms with Crippen LogP contribution in [0, 0.1) is 5.92 Å². The first-order valence-corrected chi connectivity index (χ1v) is 6.64. The second-order valence-electron chi connectivity index (χ2n) is 5.13. The number of likely N-dealkylation sites (tertiary alicyclic amines) is 1. The van der Waals surface area contributed by atoms with E-state index < -0.39 is 11.9 Å². The molecule has 2 atom stereocenters. The monoisotopic (exact) mass is 255 g/mol. The smallest absolute Gasteiger partial charge is 0.332 e. The van der Waals surface area contributed by atoms with Gasteiger partial charge in [-0.3, -0.25) is 10.2 Å². The van der Waals surface area contributed by atoms with Gasteiger partial charge in [0.05, 0.1) is 5.92 Å². The molecule has 2 aliphatic rings. The molecule has 0 saturated carbocycles. The Labute approximate surface area is 107 Å². The zero-order valence-electron chi connectivity index (χ0n) is 10.8. The van der Waals surface area contributed by atoms with Gasteiger partial charge in [0.25, 0.3) is 0 Å². The molecule has 6 heteroatoms. The molecule has 102 valence electrons. The second kappa shape index (κ2) is 5.56. The topological polar surface area (TPSA) is 72.9 Å². The van der Waals surface area contributed by atoms with Crippen molar-refractivity contribution in [3.05, 3.63) is 0 Å². The summed E-state index contributed by atoms with van der Waals surface area (Å²) in [5.74, 6) is -1.24. The van der Waals surface area contributed by atoms with E-state index in [9.17, 15) is 9.59 Å². The van der Waals surface area contributed by atoms with Gasteiger partial charge in [0.2, 0.25) is 0 Å². The second-order valence-corrected chi connectivity index (χ2v) is 5.13. The average Bonchev–Trinajstić information content (AvgIpc) is 2.72. The largest absolute Gasteiger partial charge is 0.481 e. The van der Waals surface area contributed by atoms with Crippen molar-refractivity contribution in [3.8, 4) is 0 Å². The highest BCUT2D eigenvalue weighted by atomic mass is 16.4. The summed E-state index contributed by atoms with van der Waals surface area (Å²) in [5.41, 5.74) is 2.88. The standard InChI is InChI=1S/C12H21N3O3/c1-9-10(11(16)17)5-8-15(9)12(18)13-14-6-3-2-4-7-14/h9-10H,2-8H2,1H3,(H,13,18)(H,16,17). The number of urea groups is 1. The summed E-state index contributed by atoms with van der Waals surface area (Å²) in [6, 6.07) is -0.388. The third-order valence-electron chi connectivity index (χ3n) is 3.94. The van der Waals surface area contributed by atoms with Crippen LogP contribution < -0.4 is 5.43 Å². The van der Waals surface area contributed by atoms with Crippen LogP contribution in [-0.4, -0.2) is 52.7 Å². The quantitative estimate of drug-likeness (QED) is 0.768. The molecule has 2 heterocycles. The number of carbonyl (C=O) groups excluding carboxylic acids is 1. The molecule has 0 spiro atoms. The van der Waals surface area contributed by atoms with Gasteiger partial charge in [0.15, 0.2) is 0 Å². The van der Waals surface area contributed by atoms with E-state index in [4.69, 9.17) is 5.11 Å². The summed E-state index contributed by atoms with van der Waals surface area (Å²) >= 11 is 0. The van der Waals surface area contributed by atoms with Crippen LogP contribution in [0.5, 0.6) is 0 Å². The summed E-state index contributed by atoms with van der Waals surface area (Å²) in [6.07, 6.45) is 3.97. The lowest BCUT2D eigenvalue weighted by molar-refractivity contribution is -0.142. The maximum absolute atomic E-state index is 12.1. The van der Waals surface area contributed by atoms with E-state index in [0.717, 1.165) is 25.9 Å². The molecule has 0 aromatic heterocycles. The van der Waals surface area contributed by atoms with Crippen LogP contribution in [0.2, 0.25) is 0 Å². The molecule has 0 aromatic carbocycles. The number of carbonyl (C=O) groups is 2. The molecule has 2 saturated heterocycles. The average molecular weight is 255 g/mol. The normalized spacial score (nSPS) is 29.3. The fraction of sp³-hybridized carbons (Fsp3) is 0.833. The first kappa shape index (κ1) is 13.1. The molecule has 2 amide bonds. The highest BCUT2D eigenvalue weighted by Gasteiger charge is 2.38. The van der Waals surface area contributed by atoms with Crippen molar-refractivity contribution >= 4 is 12.0 Å². The zero-order valence-corrected chi connectivity index (χ0v) is 10.8. The highest BCUT2D eigenvalue weighted by Crippen LogP contribution is 2.24. The van der Waals surface area contributed by atoms with E-state index in [1.807, 2.05) is 11.9 Å². The van der Waals surface area contributed by atoms with Crippen molar-refractivity contribution < 1.29 is 14.7 Å². The molecule has 2 rings (SSSR count). The van der Waals surface area contributed by atoms with Gasteiger partial charge in [-0.15, -0.1) is 0 Å². The molecule has 2 N–H and O–H groups in total. The molecule has 0 radical (unpaired) electrons. The first-order valence-electron chi connectivity index (χ1n) is 6.64. The van der Waals surface area contributed by atoms with Crippen LogP contribution in [-0.2, 0) is 4.79 Å². The maximum Gasteiger partial charge on any atom is 0.332 e. The minimum Gasteiger partial charge on any atom is -0.481 e. The van der Waals surface area contributed by atoms with Crippen molar-refractivity contribution in [1.29, 1.82) is 0 Å². The molecule has 2 unspecified atom stereocenters. The molecule has 6 nitrogen and oxygen atoms in total. The number of aliphatic carboxylic acids is 1. The fourth-order valence-corrected chi connectivity index (χ4v) is 2.76. The van der Waals surface area contributed by atoms with Crippen molar-refractivity contribution in [2.24, 2.45) is 5.92 Å². The third kappa shape index (κ3) is 2.75. The number of nitrogens with zero attached hydrogens (tertiary/aromatic N) is 2. The van der Waals surface area contributed by atoms with Crippen molar-refractivity contribution in [2.75, 3.05) is 19.6 Å². The van der Waals surface area contributed by atoms with Gasteiger partial charge < -0.3 is 10.0 Å². The summed E-state index contributed by atoms with van der Waals surface area (Å²) in [6.45, 7) is 4.10. The van der Waals surface area contributed by atoms with E-state index in [1.165, 1.54) is 6.42 Å². The minimum atomic E-state index is -0.809. The molecule has 2 fully saturated rings. The Hall–Kier alpha value is -1.30. The Bertz CT molecular complexity index is 329. The highest BCUT2D eigenvalue weighted by molar-refractivity contribution is 5.77. The van der Waals surface area contributed by atoms with Crippen LogP contribution in [0.3, 0.4) is 0 Å². The summed E-state index contributed by atoms with van der Waals surface area (Å²) in [5, 5.41) is 11.0. The Morgan fingerprint density at radius 2 is 1.83 bits per heavy atom. The predicted octanol–water partition coefficient (Wildman–Crippen LogP) is 0.892. The van der Waals surface area contributed by atoms with Gasteiger partial charge in [-0.1, -0.05) is 6.42 Å². The molecule has 0 aliphatic carbocycles. The lowest BCUT2D eigenvalue weighted by Gasteiger charge is -2.31. The van der Waals surface area contributed by atoms with Gasteiger partial charge in [0, 0.05) is 25.7 Å². The lowest BCUT2D eigenvalue weighted by atomic mass is 10.0. The van der Waals surface area contributed by atoms with Gasteiger partial charge in [-0.05, 0) is 26.2 Å². The van der Waals surface area contributed by atoms with Gasteiger partial charge in [0.1, 0.15) is 0 Å². The number of nitrogens with one attached hydrogen (secondary N) is 1. The van der Waals surface area contributed by atoms with E-state index in [2.05, 4.69) is 5.43 Å². The molecule has 0 bridgehead atoms. The van der Waals surface area contributed by atoms with Gasteiger partial charge in [-0.25, -0.2) is 9.80 Å². The van der Waals surface area contributed by atoms with E-state index in [-0.39, 0.29) is 12.1 Å². The van der Waals surface area contributed by atoms with Gasteiger partial charge >= 0.3 is 12.0 Å². The zero-order chi connectivity index (χ0) is 13.1. The number of rotatable bonds is 2. The number of hydrazine groups is 1. The Morgan fingerprint density at radius 1 is 1.17 bits per heavy atom. The van der Waals surface area contributed by atoms with Crippen LogP contribution in [0.15, 0.2) is 0 Å². The Kier molecular flexibility index (Phi) is 4.06. The van der Waals surface area contributed by atoms with E-state index in [0.29, 0.717) is 13.0 Å². The number of piperidine rings is 1. The predicted molar refractivity (Wildman–Crippen MR) is 65.9 cm³/mol. The van der Waals surface area contributed by atoms with Crippen molar-refractivity contribution in [3.63, 3.8) is 0 Å². The molecule has 0 aromatic rings. The number of carboxylic acid groups (broad SMARTS) is 1. The van der Waals surface area contributed by atoms with Crippen molar-refractivity contribution in [2.45, 2.75) is 38.6 Å².